The molecule has 0 saturated carbocycles. The molecule has 5 nitrogen and oxygen atoms in total. The van der Waals surface area contributed by atoms with Gasteiger partial charge in [0.15, 0.2) is 0 Å². The molecule has 0 aromatic heterocycles. The van der Waals surface area contributed by atoms with Crippen molar-refractivity contribution in [3.8, 4) is 0 Å². The SMILES string of the molecule is CCOC(=O)c1cc(N(CCCO)C(C)C)c(F)cc1N. The number of hydrogen-bond donors (Lipinski definition) is 2. The Labute approximate surface area is 124 Å². The summed E-state index contributed by atoms with van der Waals surface area (Å²) in [6.45, 7) is 6.25. The number of nitrogen functional groups attached to an aromatic ring is 1. The highest BCUT2D eigenvalue weighted by Gasteiger charge is 2.20. The van der Waals surface area contributed by atoms with E-state index in [1.54, 1.807) is 11.8 Å². The molecule has 1 rings (SSSR count). The van der Waals surface area contributed by atoms with E-state index in [4.69, 9.17) is 15.6 Å². The third-order valence-corrected chi connectivity index (χ3v) is 3.10. The molecule has 0 radical (unpaired) electrons. The van der Waals surface area contributed by atoms with E-state index in [2.05, 4.69) is 0 Å². The summed E-state index contributed by atoms with van der Waals surface area (Å²) < 4.78 is 19.1. The van der Waals surface area contributed by atoms with E-state index < -0.39 is 11.8 Å². The number of hydrogen-bond acceptors (Lipinski definition) is 5. The summed E-state index contributed by atoms with van der Waals surface area (Å²) in [7, 11) is 0. The predicted octanol–water partition coefficient (Wildman–Crippen LogP) is 2.18. The fourth-order valence-corrected chi connectivity index (χ4v) is 2.08. The maximum absolute atomic E-state index is 14.2. The van der Waals surface area contributed by atoms with Crippen molar-refractivity contribution in [1.29, 1.82) is 0 Å². The van der Waals surface area contributed by atoms with E-state index in [1.165, 1.54) is 6.07 Å². The Morgan fingerprint density at radius 2 is 2.14 bits per heavy atom. The Morgan fingerprint density at radius 1 is 1.48 bits per heavy atom. The number of halogens is 1. The van der Waals surface area contributed by atoms with E-state index in [-0.39, 0.29) is 36.2 Å². The zero-order valence-corrected chi connectivity index (χ0v) is 12.7. The molecule has 3 N–H and O–H groups in total. The van der Waals surface area contributed by atoms with Crippen molar-refractivity contribution in [3.05, 3.63) is 23.5 Å². The molecule has 0 aliphatic rings. The van der Waals surface area contributed by atoms with Gasteiger partial charge in [-0.05, 0) is 39.3 Å². The summed E-state index contributed by atoms with van der Waals surface area (Å²) in [5.41, 5.74) is 6.20. The number of nitrogens with two attached hydrogens (primary N) is 1. The molecule has 1 aromatic carbocycles. The lowest BCUT2D eigenvalue weighted by Crippen LogP contribution is -2.33. The number of benzene rings is 1. The van der Waals surface area contributed by atoms with Gasteiger partial charge < -0.3 is 20.5 Å². The van der Waals surface area contributed by atoms with Gasteiger partial charge in [-0.1, -0.05) is 0 Å². The van der Waals surface area contributed by atoms with Crippen molar-refractivity contribution in [2.24, 2.45) is 0 Å². The van der Waals surface area contributed by atoms with Crippen LogP contribution in [-0.4, -0.2) is 36.9 Å². The Bertz CT molecular complexity index is 492. The second-order valence-corrected chi connectivity index (χ2v) is 4.98. The fraction of sp³-hybridized carbons (Fsp3) is 0.533. The van der Waals surface area contributed by atoms with Gasteiger partial charge in [0.2, 0.25) is 0 Å². The van der Waals surface area contributed by atoms with Crippen molar-refractivity contribution >= 4 is 17.3 Å². The molecule has 0 aliphatic heterocycles. The molecule has 21 heavy (non-hydrogen) atoms. The van der Waals surface area contributed by atoms with Crippen LogP contribution >= 0.6 is 0 Å². The van der Waals surface area contributed by atoms with Gasteiger partial charge in [0, 0.05) is 24.9 Å². The first-order valence-electron chi connectivity index (χ1n) is 7.06. The fourth-order valence-electron chi connectivity index (χ4n) is 2.08. The molecule has 0 atom stereocenters. The number of nitrogens with zero attached hydrogens (tertiary/aromatic N) is 1. The quantitative estimate of drug-likeness (QED) is 0.596. The molecule has 0 saturated heterocycles. The molecule has 0 aliphatic carbocycles. The topological polar surface area (TPSA) is 75.8 Å². The molecule has 0 spiro atoms. The molecule has 1 aromatic rings. The average molecular weight is 298 g/mol. The Balaban J connectivity index is 3.20. The van der Waals surface area contributed by atoms with Gasteiger partial charge in [0.25, 0.3) is 0 Å². The second kappa shape index (κ2) is 7.83. The summed E-state index contributed by atoms with van der Waals surface area (Å²) in [6, 6.07) is 2.57. The van der Waals surface area contributed by atoms with Gasteiger partial charge in [-0.3, -0.25) is 0 Å². The first-order chi connectivity index (χ1) is 9.92. The lowest BCUT2D eigenvalue weighted by molar-refractivity contribution is 0.0527. The van der Waals surface area contributed by atoms with Crippen molar-refractivity contribution in [3.63, 3.8) is 0 Å². The first-order valence-corrected chi connectivity index (χ1v) is 7.06. The summed E-state index contributed by atoms with van der Waals surface area (Å²) in [5.74, 6) is -1.06. The number of esters is 1. The van der Waals surface area contributed by atoms with E-state index >= 15 is 0 Å². The first kappa shape index (κ1) is 17.2. The third kappa shape index (κ3) is 4.32. The van der Waals surface area contributed by atoms with Crippen LogP contribution in [0.1, 0.15) is 37.6 Å². The molecular weight excluding hydrogens is 275 g/mol. The van der Waals surface area contributed by atoms with Gasteiger partial charge >= 0.3 is 5.97 Å². The van der Waals surface area contributed by atoms with Crippen LogP contribution in [0.25, 0.3) is 0 Å². The van der Waals surface area contributed by atoms with E-state index in [0.29, 0.717) is 13.0 Å². The Morgan fingerprint density at radius 3 is 2.67 bits per heavy atom. The third-order valence-electron chi connectivity index (χ3n) is 3.10. The molecule has 6 heteroatoms. The van der Waals surface area contributed by atoms with E-state index in [1.807, 2.05) is 13.8 Å². The highest BCUT2D eigenvalue weighted by atomic mass is 19.1. The van der Waals surface area contributed by atoms with E-state index in [0.717, 1.165) is 6.07 Å². The molecule has 0 heterocycles. The maximum atomic E-state index is 14.2. The number of carbonyl (C=O) groups is 1. The number of aliphatic hydroxyl groups excluding tert-OH is 1. The Kier molecular flexibility index (Phi) is 6.42. The standard InChI is InChI=1S/C15H23FN2O3/c1-4-21-15(20)11-8-14(12(16)9-13(11)17)18(10(2)3)6-5-7-19/h8-10,19H,4-7,17H2,1-3H3. The number of ether oxygens (including phenoxy) is 1. The van der Waals surface area contributed by atoms with Crippen molar-refractivity contribution in [2.75, 3.05) is 30.4 Å². The lowest BCUT2D eigenvalue weighted by atomic mass is 10.1. The zero-order valence-electron chi connectivity index (χ0n) is 12.7. The van der Waals surface area contributed by atoms with E-state index in [9.17, 15) is 9.18 Å². The molecule has 0 amide bonds. The number of anilines is 2. The summed E-state index contributed by atoms with van der Waals surface area (Å²) in [5, 5.41) is 8.96. The van der Waals surface area contributed by atoms with Crippen LogP contribution in [-0.2, 0) is 4.74 Å². The number of rotatable bonds is 7. The lowest BCUT2D eigenvalue weighted by Gasteiger charge is -2.29. The largest absolute Gasteiger partial charge is 0.462 e. The monoisotopic (exact) mass is 298 g/mol. The molecule has 0 bridgehead atoms. The van der Waals surface area contributed by atoms with Crippen LogP contribution in [0.15, 0.2) is 12.1 Å². The number of carbonyl (C=O) groups excluding carboxylic acids is 1. The van der Waals surface area contributed by atoms with Gasteiger partial charge in [0.1, 0.15) is 5.82 Å². The van der Waals surface area contributed by atoms with Gasteiger partial charge in [-0.2, -0.15) is 0 Å². The van der Waals surface area contributed by atoms with Gasteiger partial charge in [0.05, 0.1) is 17.9 Å². The van der Waals surface area contributed by atoms with Crippen LogP contribution in [0.2, 0.25) is 0 Å². The minimum absolute atomic E-state index is 0.0183. The summed E-state index contributed by atoms with van der Waals surface area (Å²) in [6.07, 6.45) is 0.511. The van der Waals surface area contributed by atoms with Crippen LogP contribution in [0.3, 0.4) is 0 Å². The van der Waals surface area contributed by atoms with Gasteiger partial charge in [-0.15, -0.1) is 0 Å². The second-order valence-electron chi connectivity index (χ2n) is 4.98. The zero-order chi connectivity index (χ0) is 16.0. The minimum atomic E-state index is -0.567. The highest BCUT2D eigenvalue weighted by molar-refractivity contribution is 5.96. The van der Waals surface area contributed by atoms with Crippen molar-refractivity contribution in [2.45, 2.75) is 33.2 Å². The molecule has 118 valence electrons. The molecule has 0 fully saturated rings. The van der Waals surface area contributed by atoms with Crippen LogP contribution < -0.4 is 10.6 Å². The van der Waals surface area contributed by atoms with Crippen LogP contribution in [0.4, 0.5) is 15.8 Å². The smallest absolute Gasteiger partial charge is 0.340 e. The van der Waals surface area contributed by atoms with Crippen LogP contribution in [0, 0.1) is 5.82 Å². The summed E-state index contributed by atoms with van der Waals surface area (Å²) >= 11 is 0. The minimum Gasteiger partial charge on any atom is -0.462 e. The molecular formula is C15H23FN2O3. The predicted molar refractivity (Wildman–Crippen MR) is 81.0 cm³/mol. The van der Waals surface area contributed by atoms with Crippen LogP contribution in [0.5, 0.6) is 0 Å². The van der Waals surface area contributed by atoms with Crippen molar-refractivity contribution in [1.82, 2.24) is 0 Å². The summed E-state index contributed by atoms with van der Waals surface area (Å²) in [4.78, 5) is 13.6. The Hall–Kier alpha value is -1.82. The van der Waals surface area contributed by atoms with Gasteiger partial charge in [-0.25, -0.2) is 9.18 Å². The maximum Gasteiger partial charge on any atom is 0.340 e. The number of aliphatic hydroxyl groups is 1. The molecule has 0 unspecified atom stereocenters. The highest BCUT2D eigenvalue weighted by Crippen LogP contribution is 2.27. The average Bonchev–Trinajstić information content (AvgIpc) is 2.41. The van der Waals surface area contributed by atoms with Crippen molar-refractivity contribution < 1.29 is 19.0 Å². The normalized spacial score (nSPS) is 10.8.